The maximum absolute atomic E-state index is 12.6. The van der Waals surface area contributed by atoms with Crippen molar-refractivity contribution in [3.05, 3.63) is 71.8 Å². The van der Waals surface area contributed by atoms with Gasteiger partial charge in [0.2, 0.25) is 0 Å². The number of nitrogens with two attached hydrogens (primary N) is 1. The van der Waals surface area contributed by atoms with Crippen LogP contribution in [0.5, 0.6) is 0 Å². The molecule has 0 saturated carbocycles. The zero-order valence-electron chi connectivity index (χ0n) is 14.1. The molecule has 0 aliphatic carbocycles. The standard InChI is InChI=1S/C21H26N2O/c22-14-11-20(17-7-3-1-4-8-17)23-15-12-19(13-16-23)21(24)18-9-5-2-6-10-18/h1-10,19-20H,11-16,22H2. The van der Waals surface area contributed by atoms with Crippen molar-refractivity contribution < 1.29 is 4.79 Å². The van der Waals surface area contributed by atoms with Gasteiger partial charge in [0.25, 0.3) is 0 Å². The summed E-state index contributed by atoms with van der Waals surface area (Å²) in [4.78, 5) is 15.1. The first-order chi connectivity index (χ1) is 11.8. The van der Waals surface area contributed by atoms with Crippen LogP contribution in [0.15, 0.2) is 60.7 Å². The number of Topliss-reactive ketones (excluding diaryl/α,β-unsaturated/α-hetero) is 1. The Labute approximate surface area is 144 Å². The summed E-state index contributed by atoms with van der Waals surface area (Å²) in [5.41, 5.74) is 8.02. The van der Waals surface area contributed by atoms with Crippen LogP contribution in [0.1, 0.15) is 41.2 Å². The van der Waals surface area contributed by atoms with Crippen LogP contribution in [0.2, 0.25) is 0 Å². The number of rotatable bonds is 6. The van der Waals surface area contributed by atoms with Crippen LogP contribution in [0.4, 0.5) is 0 Å². The van der Waals surface area contributed by atoms with Gasteiger partial charge in [0.15, 0.2) is 5.78 Å². The number of hydrogen-bond acceptors (Lipinski definition) is 3. The molecule has 1 saturated heterocycles. The summed E-state index contributed by atoms with van der Waals surface area (Å²) < 4.78 is 0. The summed E-state index contributed by atoms with van der Waals surface area (Å²) in [5, 5.41) is 0. The number of carbonyl (C=O) groups excluding carboxylic acids is 1. The van der Waals surface area contributed by atoms with Gasteiger partial charge in [-0.25, -0.2) is 0 Å². The first-order valence-corrected chi connectivity index (χ1v) is 8.88. The van der Waals surface area contributed by atoms with Crippen molar-refractivity contribution in [3.8, 4) is 0 Å². The van der Waals surface area contributed by atoms with Crippen LogP contribution in [-0.2, 0) is 0 Å². The highest BCUT2D eigenvalue weighted by atomic mass is 16.1. The fourth-order valence-corrected chi connectivity index (χ4v) is 3.70. The van der Waals surface area contributed by atoms with E-state index < -0.39 is 0 Å². The van der Waals surface area contributed by atoms with E-state index in [9.17, 15) is 4.79 Å². The Kier molecular flexibility index (Phi) is 5.78. The third kappa shape index (κ3) is 3.92. The fourth-order valence-electron chi connectivity index (χ4n) is 3.70. The first-order valence-electron chi connectivity index (χ1n) is 8.88. The molecule has 0 aromatic heterocycles. The summed E-state index contributed by atoms with van der Waals surface area (Å²) in [7, 11) is 0. The van der Waals surface area contributed by atoms with E-state index in [1.165, 1.54) is 5.56 Å². The number of nitrogens with zero attached hydrogens (tertiary/aromatic N) is 1. The molecule has 3 rings (SSSR count). The molecule has 2 N–H and O–H groups in total. The molecular weight excluding hydrogens is 296 g/mol. The van der Waals surface area contributed by atoms with Crippen LogP contribution >= 0.6 is 0 Å². The quantitative estimate of drug-likeness (QED) is 0.825. The largest absolute Gasteiger partial charge is 0.330 e. The summed E-state index contributed by atoms with van der Waals surface area (Å²) in [6.45, 7) is 2.61. The molecule has 0 bridgehead atoms. The number of piperidine rings is 1. The number of carbonyl (C=O) groups is 1. The molecule has 0 radical (unpaired) electrons. The summed E-state index contributed by atoms with van der Waals surface area (Å²) >= 11 is 0. The van der Waals surface area contributed by atoms with Crippen molar-refractivity contribution >= 4 is 5.78 Å². The van der Waals surface area contributed by atoms with Crippen molar-refractivity contribution in [1.82, 2.24) is 4.90 Å². The Morgan fingerprint density at radius 3 is 2.17 bits per heavy atom. The predicted molar refractivity (Wildman–Crippen MR) is 97.9 cm³/mol. The van der Waals surface area contributed by atoms with Crippen molar-refractivity contribution in [3.63, 3.8) is 0 Å². The second-order valence-electron chi connectivity index (χ2n) is 6.54. The third-order valence-electron chi connectivity index (χ3n) is 5.02. The molecule has 3 nitrogen and oxygen atoms in total. The molecule has 1 fully saturated rings. The first kappa shape index (κ1) is 16.9. The van der Waals surface area contributed by atoms with Gasteiger partial charge in [0.1, 0.15) is 0 Å². The van der Waals surface area contributed by atoms with Crippen LogP contribution in [0, 0.1) is 5.92 Å². The maximum atomic E-state index is 12.6. The van der Waals surface area contributed by atoms with Crippen molar-refractivity contribution in [1.29, 1.82) is 0 Å². The Morgan fingerprint density at radius 2 is 1.58 bits per heavy atom. The lowest BCUT2D eigenvalue weighted by atomic mass is 9.87. The number of benzene rings is 2. The zero-order chi connectivity index (χ0) is 16.8. The molecule has 1 aliphatic heterocycles. The van der Waals surface area contributed by atoms with E-state index in [0.717, 1.165) is 37.9 Å². The highest BCUT2D eigenvalue weighted by Crippen LogP contribution is 2.30. The molecule has 2 aromatic carbocycles. The van der Waals surface area contributed by atoms with Gasteiger partial charge in [-0.2, -0.15) is 0 Å². The minimum Gasteiger partial charge on any atom is -0.330 e. The molecular formula is C21H26N2O. The van der Waals surface area contributed by atoms with E-state index in [1.807, 2.05) is 36.4 Å². The Hall–Kier alpha value is -1.97. The molecule has 1 aliphatic rings. The topological polar surface area (TPSA) is 46.3 Å². The second-order valence-corrected chi connectivity index (χ2v) is 6.54. The van der Waals surface area contributed by atoms with E-state index >= 15 is 0 Å². The monoisotopic (exact) mass is 322 g/mol. The summed E-state index contributed by atoms with van der Waals surface area (Å²) in [6, 6.07) is 20.6. The lowest BCUT2D eigenvalue weighted by Gasteiger charge is -2.37. The average Bonchev–Trinajstić information content (AvgIpc) is 2.67. The van der Waals surface area contributed by atoms with E-state index in [2.05, 4.69) is 29.2 Å². The van der Waals surface area contributed by atoms with Gasteiger partial charge in [-0.05, 0) is 44.5 Å². The lowest BCUT2D eigenvalue weighted by molar-refractivity contribution is 0.0783. The molecule has 0 spiro atoms. The molecule has 3 heteroatoms. The molecule has 24 heavy (non-hydrogen) atoms. The second kappa shape index (κ2) is 8.22. The van der Waals surface area contributed by atoms with Gasteiger partial charge in [-0.1, -0.05) is 60.7 Å². The van der Waals surface area contributed by atoms with Crippen LogP contribution in [-0.4, -0.2) is 30.3 Å². The number of hydrogen-bond donors (Lipinski definition) is 1. The molecule has 0 amide bonds. The Balaban J connectivity index is 1.64. The van der Waals surface area contributed by atoms with Crippen molar-refractivity contribution in [2.45, 2.75) is 25.3 Å². The van der Waals surface area contributed by atoms with E-state index in [1.54, 1.807) is 0 Å². The van der Waals surface area contributed by atoms with Gasteiger partial charge in [0, 0.05) is 17.5 Å². The predicted octanol–water partition coefficient (Wildman–Crippen LogP) is 3.67. The molecule has 1 heterocycles. The fraction of sp³-hybridized carbons (Fsp3) is 0.381. The normalized spacial score (nSPS) is 17.5. The SMILES string of the molecule is NCCC(c1ccccc1)N1CCC(C(=O)c2ccccc2)CC1. The van der Waals surface area contributed by atoms with Crippen LogP contribution in [0.25, 0.3) is 0 Å². The maximum Gasteiger partial charge on any atom is 0.166 e. The average molecular weight is 322 g/mol. The summed E-state index contributed by atoms with van der Waals surface area (Å²) in [6.07, 6.45) is 2.82. The number of ketones is 1. The third-order valence-corrected chi connectivity index (χ3v) is 5.02. The summed E-state index contributed by atoms with van der Waals surface area (Å²) in [5.74, 6) is 0.447. The van der Waals surface area contributed by atoms with Gasteiger partial charge in [0.05, 0.1) is 0 Å². The van der Waals surface area contributed by atoms with Crippen molar-refractivity contribution in [2.75, 3.05) is 19.6 Å². The van der Waals surface area contributed by atoms with Gasteiger partial charge in [-0.3, -0.25) is 9.69 Å². The molecule has 126 valence electrons. The Bertz CT molecular complexity index is 633. The molecule has 2 aromatic rings. The molecule has 1 unspecified atom stereocenters. The minimum atomic E-state index is 0.151. The lowest BCUT2D eigenvalue weighted by Crippen LogP contribution is -2.39. The highest BCUT2D eigenvalue weighted by Gasteiger charge is 2.29. The van der Waals surface area contributed by atoms with Gasteiger partial charge < -0.3 is 5.73 Å². The van der Waals surface area contributed by atoms with Gasteiger partial charge in [-0.15, -0.1) is 0 Å². The molecule has 1 atom stereocenters. The minimum absolute atomic E-state index is 0.151. The zero-order valence-corrected chi connectivity index (χ0v) is 14.1. The van der Waals surface area contributed by atoms with E-state index in [0.29, 0.717) is 18.4 Å². The number of likely N-dealkylation sites (tertiary alicyclic amines) is 1. The van der Waals surface area contributed by atoms with E-state index in [4.69, 9.17) is 5.73 Å². The van der Waals surface area contributed by atoms with Gasteiger partial charge >= 0.3 is 0 Å². The van der Waals surface area contributed by atoms with Crippen LogP contribution in [0.3, 0.4) is 0 Å². The highest BCUT2D eigenvalue weighted by molar-refractivity contribution is 5.97. The smallest absolute Gasteiger partial charge is 0.166 e. The van der Waals surface area contributed by atoms with Crippen LogP contribution < -0.4 is 5.73 Å². The van der Waals surface area contributed by atoms with E-state index in [-0.39, 0.29) is 5.92 Å². The van der Waals surface area contributed by atoms with Crippen molar-refractivity contribution in [2.24, 2.45) is 11.7 Å². The Morgan fingerprint density at radius 1 is 1.00 bits per heavy atom.